The summed E-state index contributed by atoms with van der Waals surface area (Å²) in [7, 11) is 0. The van der Waals surface area contributed by atoms with Gasteiger partial charge in [0.2, 0.25) is 5.91 Å². The predicted molar refractivity (Wildman–Crippen MR) is 116 cm³/mol. The van der Waals surface area contributed by atoms with E-state index in [4.69, 9.17) is 23.2 Å². The molecule has 2 heterocycles. The van der Waals surface area contributed by atoms with E-state index >= 15 is 0 Å². The topological polar surface area (TPSA) is 69.2 Å². The molecular weight excluding hydrogens is 447 g/mol. The van der Waals surface area contributed by atoms with E-state index in [1.165, 1.54) is 6.07 Å². The Morgan fingerprint density at radius 1 is 1.35 bits per heavy atom. The number of amides is 1. The minimum Gasteiger partial charge on any atom is -0.379 e. The molecule has 0 aliphatic carbocycles. The molecule has 4 rings (SSSR count). The summed E-state index contributed by atoms with van der Waals surface area (Å²) in [6, 6.07) is 8.07. The maximum atomic E-state index is 13.4. The summed E-state index contributed by atoms with van der Waals surface area (Å²) in [5.41, 5.74) is 0.657. The van der Waals surface area contributed by atoms with Gasteiger partial charge in [-0.15, -0.1) is 0 Å². The van der Waals surface area contributed by atoms with Gasteiger partial charge in [-0.2, -0.15) is 5.10 Å². The van der Waals surface area contributed by atoms with Gasteiger partial charge in [0, 0.05) is 17.0 Å². The molecule has 0 saturated carbocycles. The highest BCUT2D eigenvalue weighted by molar-refractivity contribution is 6.37. The molecule has 3 aromatic rings. The number of alkyl halides is 2. The van der Waals surface area contributed by atoms with E-state index in [2.05, 4.69) is 10.2 Å². The van der Waals surface area contributed by atoms with E-state index in [1.54, 1.807) is 23.1 Å². The normalized spacial score (nSPS) is 18.3. The maximum Gasteiger partial charge on any atom is 0.270 e. The molecular formula is C22H21Cl2F2N3O2. The summed E-state index contributed by atoms with van der Waals surface area (Å²) in [6.07, 6.45) is -2.52. The molecule has 5 nitrogen and oxygen atoms in total. The molecule has 31 heavy (non-hydrogen) atoms. The monoisotopic (exact) mass is 467 g/mol. The van der Waals surface area contributed by atoms with Gasteiger partial charge in [-0.1, -0.05) is 41.4 Å². The number of aromatic nitrogens is 2. The smallest absolute Gasteiger partial charge is 0.270 e. The van der Waals surface area contributed by atoms with Crippen molar-refractivity contribution in [2.45, 2.75) is 44.8 Å². The SMILES string of the molecule is C[C@H]1c2cccc(C(C)(O)C(F)F)c2CCN1C(=O)Cc1c(Cl)ccc2[nH]nc(Cl)c12. The Hall–Kier alpha value is -2.22. The number of benzene rings is 2. The quantitative estimate of drug-likeness (QED) is 0.565. The summed E-state index contributed by atoms with van der Waals surface area (Å²) in [4.78, 5) is 14.9. The molecule has 1 aromatic heterocycles. The van der Waals surface area contributed by atoms with Crippen LogP contribution in [-0.2, 0) is 23.2 Å². The van der Waals surface area contributed by atoms with Crippen LogP contribution in [-0.4, -0.2) is 39.1 Å². The summed E-state index contributed by atoms with van der Waals surface area (Å²) in [5.74, 6) is -0.157. The summed E-state index contributed by atoms with van der Waals surface area (Å²) in [6.45, 7) is 3.31. The van der Waals surface area contributed by atoms with E-state index in [1.807, 2.05) is 13.0 Å². The number of nitrogens with zero attached hydrogens (tertiary/aromatic N) is 2. The largest absolute Gasteiger partial charge is 0.379 e. The molecule has 164 valence electrons. The second-order valence-electron chi connectivity index (χ2n) is 7.97. The van der Waals surface area contributed by atoms with Gasteiger partial charge in [0.05, 0.1) is 18.0 Å². The third-order valence-corrected chi connectivity index (χ3v) is 6.72. The highest BCUT2D eigenvalue weighted by atomic mass is 35.5. The highest BCUT2D eigenvalue weighted by Crippen LogP contribution is 2.38. The van der Waals surface area contributed by atoms with Gasteiger partial charge in [0.25, 0.3) is 6.43 Å². The van der Waals surface area contributed by atoms with E-state index in [0.717, 1.165) is 12.5 Å². The van der Waals surface area contributed by atoms with E-state index in [9.17, 15) is 18.7 Å². The van der Waals surface area contributed by atoms with Gasteiger partial charge in [-0.3, -0.25) is 9.89 Å². The molecule has 2 aromatic carbocycles. The number of H-pyrrole nitrogens is 1. The Labute approximate surface area is 187 Å². The van der Waals surface area contributed by atoms with E-state index < -0.39 is 12.0 Å². The second kappa shape index (κ2) is 8.04. The Morgan fingerprint density at radius 2 is 2.10 bits per heavy atom. The van der Waals surface area contributed by atoms with Crippen LogP contribution in [0.5, 0.6) is 0 Å². The number of hydrogen-bond donors (Lipinski definition) is 2. The van der Waals surface area contributed by atoms with Crippen molar-refractivity contribution in [3.8, 4) is 0 Å². The first-order chi connectivity index (χ1) is 14.6. The third-order valence-electron chi connectivity index (χ3n) is 6.09. The van der Waals surface area contributed by atoms with Crippen molar-refractivity contribution in [1.29, 1.82) is 0 Å². The summed E-state index contributed by atoms with van der Waals surface area (Å²) < 4.78 is 26.9. The van der Waals surface area contributed by atoms with Crippen molar-refractivity contribution in [1.82, 2.24) is 15.1 Å². The molecule has 2 N–H and O–H groups in total. The minimum atomic E-state index is -2.92. The molecule has 2 atom stereocenters. The molecule has 0 radical (unpaired) electrons. The van der Waals surface area contributed by atoms with Crippen LogP contribution >= 0.6 is 23.2 Å². The number of nitrogens with one attached hydrogen (secondary N) is 1. The molecule has 9 heteroatoms. The Morgan fingerprint density at radius 3 is 2.81 bits per heavy atom. The fourth-order valence-corrected chi connectivity index (χ4v) is 4.83. The molecule has 0 fully saturated rings. The molecule has 1 amide bonds. The van der Waals surface area contributed by atoms with Crippen LogP contribution in [0.15, 0.2) is 30.3 Å². The Balaban J connectivity index is 1.65. The molecule has 1 aliphatic rings. The van der Waals surface area contributed by atoms with E-state index in [0.29, 0.717) is 40.0 Å². The first kappa shape index (κ1) is 22.0. The molecule has 1 aliphatic heterocycles. The van der Waals surface area contributed by atoms with Crippen LogP contribution in [0.4, 0.5) is 8.78 Å². The van der Waals surface area contributed by atoms with Gasteiger partial charge < -0.3 is 10.0 Å². The maximum absolute atomic E-state index is 13.4. The number of aliphatic hydroxyl groups is 1. The van der Waals surface area contributed by atoms with Gasteiger partial charge in [-0.05, 0) is 54.7 Å². The Kier molecular flexibility index (Phi) is 5.70. The summed E-state index contributed by atoms with van der Waals surface area (Å²) in [5, 5.41) is 18.4. The highest BCUT2D eigenvalue weighted by Gasteiger charge is 2.39. The van der Waals surface area contributed by atoms with Crippen molar-refractivity contribution in [2.75, 3.05) is 6.54 Å². The first-order valence-corrected chi connectivity index (χ1v) is 10.6. The number of carbonyl (C=O) groups excluding carboxylic acids is 1. The van der Waals surface area contributed by atoms with Gasteiger partial charge in [0.1, 0.15) is 5.60 Å². The standard InChI is InChI=1S/C22H21Cl2F2N3O2/c1-11-12-4-3-5-15(22(2,31)21(25)26)13(12)8-9-29(11)18(30)10-14-16(23)6-7-17-19(14)20(24)28-27-17/h3-7,11,21,31H,8-10H2,1-2H3,(H,27,28)/t11-,22?/m0/s1. The van der Waals surface area contributed by atoms with Gasteiger partial charge in [-0.25, -0.2) is 8.78 Å². The zero-order chi connectivity index (χ0) is 22.5. The van der Waals surface area contributed by atoms with Gasteiger partial charge in [0.15, 0.2) is 5.15 Å². The average Bonchev–Trinajstić information content (AvgIpc) is 3.10. The zero-order valence-corrected chi connectivity index (χ0v) is 18.4. The lowest BCUT2D eigenvalue weighted by molar-refractivity contribution is -0.133. The number of aromatic amines is 1. The van der Waals surface area contributed by atoms with Crippen LogP contribution in [0.1, 0.15) is 42.1 Å². The number of fused-ring (bicyclic) bond motifs is 2. The lowest BCUT2D eigenvalue weighted by Crippen LogP contribution is -2.41. The molecule has 0 spiro atoms. The number of carbonyl (C=O) groups is 1. The van der Waals surface area contributed by atoms with Crippen LogP contribution in [0.3, 0.4) is 0 Å². The van der Waals surface area contributed by atoms with Crippen LogP contribution < -0.4 is 0 Å². The number of rotatable bonds is 4. The van der Waals surface area contributed by atoms with E-state index in [-0.39, 0.29) is 29.1 Å². The van der Waals surface area contributed by atoms with Crippen LogP contribution in [0.2, 0.25) is 10.2 Å². The predicted octanol–water partition coefficient (Wildman–Crippen LogP) is 5.03. The molecule has 1 unspecified atom stereocenters. The fraction of sp³-hybridized carbons (Fsp3) is 0.364. The first-order valence-electron chi connectivity index (χ1n) is 9.86. The molecule has 0 saturated heterocycles. The van der Waals surface area contributed by atoms with Crippen LogP contribution in [0, 0.1) is 0 Å². The lowest BCUT2D eigenvalue weighted by Gasteiger charge is -2.38. The summed E-state index contributed by atoms with van der Waals surface area (Å²) >= 11 is 12.6. The van der Waals surface area contributed by atoms with Crippen molar-refractivity contribution in [2.24, 2.45) is 0 Å². The average molecular weight is 468 g/mol. The fourth-order valence-electron chi connectivity index (χ4n) is 4.34. The number of hydrogen-bond acceptors (Lipinski definition) is 3. The number of halogens is 4. The van der Waals surface area contributed by atoms with Gasteiger partial charge >= 0.3 is 0 Å². The Bertz CT molecular complexity index is 1160. The third kappa shape index (κ3) is 3.69. The molecule has 0 bridgehead atoms. The minimum absolute atomic E-state index is 0.0313. The van der Waals surface area contributed by atoms with Crippen molar-refractivity contribution in [3.63, 3.8) is 0 Å². The van der Waals surface area contributed by atoms with Crippen LogP contribution in [0.25, 0.3) is 10.9 Å². The van der Waals surface area contributed by atoms with Crippen molar-refractivity contribution < 1.29 is 18.7 Å². The van der Waals surface area contributed by atoms with Crippen molar-refractivity contribution in [3.05, 3.63) is 62.8 Å². The zero-order valence-electron chi connectivity index (χ0n) is 16.9. The van der Waals surface area contributed by atoms with Crippen molar-refractivity contribution >= 4 is 40.0 Å². The second-order valence-corrected chi connectivity index (χ2v) is 8.74. The lowest BCUT2D eigenvalue weighted by atomic mass is 9.83.